The van der Waals surface area contributed by atoms with Crippen LogP contribution in [0, 0.1) is 12.8 Å². The van der Waals surface area contributed by atoms with Gasteiger partial charge in [0.2, 0.25) is 0 Å². The van der Waals surface area contributed by atoms with Crippen LogP contribution in [0.2, 0.25) is 0 Å². The van der Waals surface area contributed by atoms with E-state index < -0.39 is 0 Å². The third kappa shape index (κ3) is 3.70. The Morgan fingerprint density at radius 1 is 1.47 bits per heavy atom. The van der Waals surface area contributed by atoms with Gasteiger partial charge in [-0.3, -0.25) is 4.79 Å². The third-order valence-corrected chi connectivity index (χ3v) is 3.44. The van der Waals surface area contributed by atoms with E-state index in [9.17, 15) is 9.90 Å². The summed E-state index contributed by atoms with van der Waals surface area (Å²) < 4.78 is 5.51. The fraction of sp³-hybridized carbons (Fsp3) is 0.533. The van der Waals surface area contributed by atoms with E-state index in [-0.39, 0.29) is 11.7 Å². The highest BCUT2D eigenvalue weighted by atomic mass is 16.5. The van der Waals surface area contributed by atoms with Crippen LogP contribution in [-0.2, 0) is 4.74 Å². The Bertz CT molecular complexity index is 455. The molecule has 0 saturated heterocycles. The molecule has 104 valence electrons. The van der Waals surface area contributed by atoms with Gasteiger partial charge in [-0.1, -0.05) is 12.1 Å². The second kappa shape index (κ2) is 6.06. The molecule has 0 atom stereocenters. The van der Waals surface area contributed by atoms with Gasteiger partial charge in [-0.2, -0.15) is 0 Å². The first kappa shape index (κ1) is 13.9. The predicted octanol–water partition coefficient (Wildman–Crippen LogP) is 2.20. The summed E-state index contributed by atoms with van der Waals surface area (Å²) in [5.74, 6) is 0.635. The lowest BCUT2D eigenvalue weighted by Gasteiger charge is -2.18. The van der Waals surface area contributed by atoms with Crippen LogP contribution in [0.25, 0.3) is 0 Å². The molecule has 1 aliphatic carbocycles. The lowest BCUT2D eigenvalue weighted by Crippen LogP contribution is -2.30. The predicted molar refractivity (Wildman–Crippen MR) is 73.3 cm³/mol. The monoisotopic (exact) mass is 263 g/mol. The molecule has 1 fully saturated rings. The molecule has 1 aromatic carbocycles. The number of phenolic OH excluding ortho intramolecular Hbond substituents is 1. The average Bonchev–Trinajstić information content (AvgIpc) is 3.21. The number of aromatic hydroxyl groups is 1. The average molecular weight is 263 g/mol. The van der Waals surface area contributed by atoms with Crippen LogP contribution >= 0.6 is 0 Å². The number of rotatable bonds is 6. The molecule has 0 spiro atoms. The highest BCUT2D eigenvalue weighted by Gasteiger charge is 2.21. The fourth-order valence-electron chi connectivity index (χ4n) is 1.87. The molecular formula is C15H21NO3. The lowest BCUT2D eigenvalue weighted by atomic mass is 10.1. The number of phenols is 1. The number of para-hydroxylation sites is 1. The molecule has 4 nitrogen and oxygen atoms in total. The minimum absolute atomic E-state index is 0.0678. The van der Waals surface area contributed by atoms with E-state index in [4.69, 9.17) is 4.74 Å². The summed E-state index contributed by atoms with van der Waals surface area (Å²) in [6.45, 7) is 3.67. The van der Waals surface area contributed by atoms with Gasteiger partial charge in [0.05, 0.1) is 12.2 Å². The van der Waals surface area contributed by atoms with Crippen molar-refractivity contribution in [3.8, 4) is 5.75 Å². The van der Waals surface area contributed by atoms with Crippen molar-refractivity contribution >= 4 is 5.91 Å². The Kier molecular flexibility index (Phi) is 4.43. The van der Waals surface area contributed by atoms with Gasteiger partial charge in [0, 0.05) is 20.2 Å². The summed E-state index contributed by atoms with van der Waals surface area (Å²) in [6, 6.07) is 5.21. The smallest absolute Gasteiger partial charge is 0.257 e. The van der Waals surface area contributed by atoms with Crippen LogP contribution in [0.4, 0.5) is 0 Å². The molecule has 19 heavy (non-hydrogen) atoms. The first-order valence-corrected chi connectivity index (χ1v) is 6.71. The van der Waals surface area contributed by atoms with Crippen molar-refractivity contribution in [2.24, 2.45) is 5.92 Å². The molecule has 0 heterocycles. The number of benzene rings is 1. The molecular weight excluding hydrogens is 242 g/mol. The number of ether oxygens (including phenoxy) is 1. The molecule has 1 aromatic rings. The van der Waals surface area contributed by atoms with E-state index in [2.05, 4.69) is 0 Å². The van der Waals surface area contributed by atoms with Gasteiger partial charge >= 0.3 is 0 Å². The number of amides is 1. The minimum Gasteiger partial charge on any atom is -0.507 e. The zero-order valence-electron chi connectivity index (χ0n) is 11.6. The second-order valence-electron chi connectivity index (χ2n) is 5.22. The number of likely N-dealkylation sites (N-methyl/N-ethyl adjacent to an activating group) is 1. The van der Waals surface area contributed by atoms with Crippen molar-refractivity contribution in [1.29, 1.82) is 0 Å². The highest BCUT2D eigenvalue weighted by molar-refractivity contribution is 5.97. The molecule has 0 radical (unpaired) electrons. The summed E-state index contributed by atoms with van der Waals surface area (Å²) in [5, 5.41) is 9.89. The summed E-state index contributed by atoms with van der Waals surface area (Å²) >= 11 is 0. The quantitative estimate of drug-likeness (QED) is 0.800. The van der Waals surface area contributed by atoms with E-state index >= 15 is 0 Å². The number of aryl methyl sites for hydroxylation is 1. The van der Waals surface area contributed by atoms with Crippen molar-refractivity contribution < 1.29 is 14.6 Å². The van der Waals surface area contributed by atoms with Crippen LogP contribution in [0.5, 0.6) is 5.75 Å². The van der Waals surface area contributed by atoms with Crippen molar-refractivity contribution in [2.45, 2.75) is 19.8 Å². The molecule has 1 aliphatic rings. The number of hydrogen-bond acceptors (Lipinski definition) is 3. The molecule has 0 bridgehead atoms. The van der Waals surface area contributed by atoms with Gasteiger partial charge in [-0.05, 0) is 37.3 Å². The van der Waals surface area contributed by atoms with E-state index in [0.717, 1.165) is 12.5 Å². The molecule has 1 amide bonds. The van der Waals surface area contributed by atoms with E-state index in [0.29, 0.717) is 24.3 Å². The largest absolute Gasteiger partial charge is 0.507 e. The maximum atomic E-state index is 12.2. The molecule has 0 aromatic heterocycles. The van der Waals surface area contributed by atoms with Crippen LogP contribution in [-0.4, -0.2) is 42.7 Å². The van der Waals surface area contributed by atoms with E-state index in [1.807, 2.05) is 0 Å². The highest BCUT2D eigenvalue weighted by Crippen LogP contribution is 2.28. The SMILES string of the molecule is Cc1cccc(C(=O)N(C)CCOCC2CC2)c1O. The van der Waals surface area contributed by atoms with Gasteiger partial charge in [0.25, 0.3) is 5.91 Å². The summed E-state index contributed by atoms with van der Waals surface area (Å²) in [7, 11) is 1.73. The zero-order valence-corrected chi connectivity index (χ0v) is 11.6. The van der Waals surface area contributed by atoms with Crippen molar-refractivity contribution in [3.63, 3.8) is 0 Å². The van der Waals surface area contributed by atoms with E-state index in [1.54, 1.807) is 37.1 Å². The molecule has 4 heteroatoms. The van der Waals surface area contributed by atoms with Crippen molar-refractivity contribution in [3.05, 3.63) is 29.3 Å². The van der Waals surface area contributed by atoms with Gasteiger partial charge in [-0.25, -0.2) is 0 Å². The lowest BCUT2D eigenvalue weighted by molar-refractivity contribution is 0.0678. The van der Waals surface area contributed by atoms with Crippen LogP contribution in [0.1, 0.15) is 28.8 Å². The molecule has 0 aliphatic heterocycles. The maximum absolute atomic E-state index is 12.2. The Balaban J connectivity index is 1.84. The standard InChI is InChI=1S/C15H21NO3/c1-11-4-3-5-13(14(11)17)15(18)16(2)8-9-19-10-12-6-7-12/h3-5,12,17H,6-10H2,1-2H3. The molecule has 2 rings (SSSR count). The molecule has 1 saturated carbocycles. The van der Waals surface area contributed by atoms with Crippen LogP contribution in [0.15, 0.2) is 18.2 Å². The van der Waals surface area contributed by atoms with E-state index in [1.165, 1.54) is 12.8 Å². The topological polar surface area (TPSA) is 49.8 Å². The first-order valence-electron chi connectivity index (χ1n) is 6.71. The Labute approximate surface area is 114 Å². The second-order valence-corrected chi connectivity index (χ2v) is 5.22. The number of carbonyl (C=O) groups is 1. The van der Waals surface area contributed by atoms with Crippen molar-refractivity contribution in [1.82, 2.24) is 4.90 Å². The summed E-state index contributed by atoms with van der Waals surface area (Å²) in [6.07, 6.45) is 2.54. The zero-order chi connectivity index (χ0) is 13.8. The number of hydrogen-bond donors (Lipinski definition) is 1. The first-order chi connectivity index (χ1) is 9.09. The maximum Gasteiger partial charge on any atom is 0.257 e. The number of carbonyl (C=O) groups excluding carboxylic acids is 1. The van der Waals surface area contributed by atoms with Crippen LogP contribution in [0.3, 0.4) is 0 Å². The Hall–Kier alpha value is -1.55. The summed E-state index contributed by atoms with van der Waals surface area (Å²) in [5.41, 5.74) is 1.06. The summed E-state index contributed by atoms with van der Waals surface area (Å²) in [4.78, 5) is 13.8. The minimum atomic E-state index is -0.170. The van der Waals surface area contributed by atoms with Crippen LogP contribution < -0.4 is 0 Å². The Morgan fingerprint density at radius 3 is 2.89 bits per heavy atom. The van der Waals surface area contributed by atoms with Gasteiger partial charge in [-0.15, -0.1) is 0 Å². The van der Waals surface area contributed by atoms with Gasteiger partial charge in [0.15, 0.2) is 0 Å². The van der Waals surface area contributed by atoms with Gasteiger partial charge < -0.3 is 14.7 Å². The molecule has 1 N–H and O–H groups in total. The molecule has 0 unspecified atom stereocenters. The third-order valence-electron chi connectivity index (χ3n) is 3.44. The fourth-order valence-corrected chi connectivity index (χ4v) is 1.87. The normalized spacial score (nSPS) is 14.4. The van der Waals surface area contributed by atoms with Gasteiger partial charge in [0.1, 0.15) is 5.75 Å². The van der Waals surface area contributed by atoms with Crippen molar-refractivity contribution in [2.75, 3.05) is 26.8 Å². The Morgan fingerprint density at radius 2 is 2.21 bits per heavy atom. The number of nitrogens with zero attached hydrogens (tertiary/aromatic N) is 1.